The van der Waals surface area contributed by atoms with Gasteiger partial charge in [0.05, 0.1) is 11.8 Å². The third kappa shape index (κ3) is 1.88. The summed E-state index contributed by atoms with van der Waals surface area (Å²) in [5.41, 5.74) is 0.721. The summed E-state index contributed by atoms with van der Waals surface area (Å²) in [5.74, 6) is -0.0573. The zero-order valence-corrected chi connectivity index (χ0v) is 12.2. The Labute approximate surface area is 128 Å². The standard InChI is InChI=1S/C17H18N2O3/c20-15(10-3-1-2-4-10)18-7-8-19-16(21)13-11-5-6-12(9-11)14(13)17(19)22/h1-3,5-6,11-14H,4,7-9H2,(H,18,20). The van der Waals surface area contributed by atoms with Crippen LogP contribution in [-0.2, 0) is 14.4 Å². The van der Waals surface area contributed by atoms with E-state index in [0.717, 1.165) is 12.0 Å². The van der Waals surface area contributed by atoms with Gasteiger partial charge in [-0.15, -0.1) is 0 Å². The van der Waals surface area contributed by atoms with Gasteiger partial charge in [-0.2, -0.15) is 0 Å². The second-order valence-corrected chi connectivity index (χ2v) is 6.41. The first kappa shape index (κ1) is 13.5. The minimum absolute atomic E-state index is 0.0529. The van der Waals surface area contributed by atoms with E-state index in [9.17, 15) is 14.4 Å². The fraction of sp³-hybridized carbons (Fsp3) is 0.471. The van der Waals surface area contributed by atoms with Crippen molar-refractivity contribution in [3.05, 3.63) is 36.0 Å². The number of imide groups is 1. The van der Waals surface area contributed by atoms with Crippen molar-refractivity contribution in [2.75, 3.05) is 13.1 Å². The third-order valence-electron chi connectivity index (χ3n) is 5.25. The van der Waals surface area contributed by atoms with Gasteiger partial charge in [0.15, 0.2) is 0 Å². The lowest BCUT2D eigenvalue weighted by Gasteiger charge is -2.17. The largest absolute Gasteiger partial charge is 0.351 e. The molecule has 0 spiro atoms. The van der Waals surface area contributed by atoms with Gasteiger partial charge >= 0.3 is 0 Å². The number of likely N-dealkylation sites (tertiary alicyclic amines) is 1. The maximum atomic E-state index is 12.5. The number of hydrogen-bond acceptors (Lipinski definition) is 3. The van der Waals surface area contributed by atoms with Gasteiger partial charge < -0.3 is 5.32 Å². The molecule has 0 aromatic rings. The van der Waals surface area contributed by atoms with Crippen LogP contribution < -0.4 is 5.32 Å². The highest BCUT2D eigenvalue weighted by atomic mass is 16.2. The van der Waals surface area contributed by atoms with Crippen LogP contribution in [0.25, 0.3) is 0 Å². The van der Waals surface area contributed by atoms with Crippen molar-refractivity contribution in [1.82, 2.24) is 10.2 Å². The zero-order chi connectivity index (χ0) is 15.3. The lowest BCUT2D eigenvalue weighted by molar-refractivity contribution is -0.140. The quantitative estimate of drug-likeness (QED) is 0.616. The molecule has 1 aliphatic heterocycles. The summed E-state index contributed by atoms with van der Waals surface area (Å²) in [5, 5.41) is 2.79. The molecule has 2 fully saturated rings. The van der Waals surface area contributed by atoms with E-state index in [2.05, 4.69) is 17.5 Å². The molecule has 0 aromatic heterocycles. The van der Waals surface area contributed by atoms with E-state index in [1.54, 1.807) is 6.08 Å². The summed E-state index contributed by atoms with van der Waals surface area (Å²) < 4.78 is 0. The van der Waals surface area contributed by atoms with E-state index < -0.39 is 0 Å². The van der Waals surface area contributed by atoms with Crippen LogP contribution in [-0.4, -0.2) is 35.7 Å². The van der Waals surface area contributed by atoms with Gasteiger partial charge in [0.1, 0.15) is 0 Å². The molecule has 4 aliphatic rings. The Balaban J connectivity index is 1.35. The number of fused-ring (bicyclic) bond motifs is 5. The highest BCUT2D eigenvalue weighted by molar-refractivity contribution is 6.06. The van der Waals surface area contributed by atoms with Gasteiger partial charge in [0.25, 0.3) is 0 Å². The first-order chi connectivity index (χ1) is 10.7. The Morgan fingerprint density at radius 1 is 1.18 bits per heavy atom. The van der Waals surface area contributed by atoms with Gasteiger partial charge in [0, 0.05) is 18.7 Å². The van der Waals surface area contributed by atoms with Crippen LogP contribution in [0.1, 0.15) is 12.8 Å². The van der Waals surface area contributed by atoms with Crippen LogP contribution in [0.2, 0.25) is 0 Å². The van der Waals surface area contributed by atoms with Gasteiger partial charge in [-0.05, 0) is 24.7 Å². The molecule has 3 amide bonds. The first-order valence-electron chi connectivity index (χ1n) is 7.84. The predicted molar refractivity (Wildman–Crippen MR) is 79.3 cm³/mol. The van der Waals surface area contributed by atoms with Gasteiger partial charge in [-0.25, -0.2) is 0 Å². The maximum absolute atomic E-state index is 12.5. The average Bonchev–Trinajstić information content (AvgIpc) is 3.27. The van der Waals surface area contributed by atoms with Crippen LogP contribution in [0, 0.1) is 23.7 Å². The molecule has 1 saturated carbocycles. The monoisotopic (exact) mass is 298 g/mol. The van der Waals surface area contributed by atoms with Gasteiger partial charge in [-0.1, -0.05) is 30.4 Å². The summed E-state index contributed by atoms with van der Waals surface area (Å²) in [7, 11) is 0. The Bertz CT molecular complexity index is 616. The Hall–Kier alpha value is -2.17. The van der Waals surface area contributed by atoms with E-state index in [0.29, 0.717) is 13.0 Å². The fourth-order valence-corrected chi connectivity index (χ4v) is 4.19. The number of nitrogens with one attached hydrogen (secondary N) is 1. The molecule has 1 N–H and O–H groups in total. The molecule has 4 unspecified atom stereocenters. The molecule has 0 aromatic carbocycles. The summed E-state index contributed by atoms with van der Waals surface area (Å²) in [6.45, 7) is 0.590. The summed E-state index contributed by atoms with van der Waals surface area (Å²) in [6.07, 6.45) is 11.3. The molecule has 5 heteroatoms. The predicted octanol–water partition coefficient (Wildman–Crippen LogP) is 0.796. The molecule has 0 radical (unpaired) electrons. The SMILES string of the molecule is O=C(NCCN1C(=O)C2C3C=CC(C3)C2C1=O)C1=CC=CC1. The molecule has 1 saturated heterocycles. The second-order valence-electron chi connectivity index (χ2n) is 6.41. The first-order valence-corrected chi connectivity index (χ1v) is 7.84. The van der Waals surface area contributed by atoms with Crippen molar-refractivity contribution in [2.24, 2.45) is 23.7 Å². The highest BCUT2D eigenvalue weighted by Gasteiger charge is 2.58. The molecular weight excluding hydrogens is 280 g/mol. The van der Waals surface area contributed by atoms with E-state index in [1.165, 1.54) is 4.90 Å². The number of hydrogen-bond donors (Lipinski definition) is 1. The minimum atomic E-state index is -0.153. The van der Waals surface area contributed by atoms with Crippen molar-refractivity contribution in [1.29, 1.82) is 0 Å². The molecule has 4 rings (SSSR count). The molecule has 2 bridgehead atoms. The summed E-state index contributed by atoms with van der Waals surface area (Å²) in [4.78, 5) is 38.1. The lowest BCUT2D eigenvalue weighted by atomic mass is 9.85. The average molecular weight is 298 g/mol. The van der Waals surface area contributed by atoms with Crippen LogP contribution in [0.3, 0.4) is 0 Å². The number of allylic oxidation sites excluding steroid dienone is 5. The number of carbonyl (C=O) groups is 3. The van der Waals surface area contributed by atoms with Crippen molar-refractivity contribution < 1.29 is 14.4 Å². The van der Waals surface area contributed by atoms with Crippen LogP contribution in [0.4, 0.5) is 0 Å². The lowest BCUT2D eigenvalue weighted by Crippen LogP contribution is -2.40. The van der Waals surface area contributed by atoms with Crippen molar-refractivity contribution in [2.45, 2.75) is 12.8 Å². The van der Waals surface area contributed by atoms with Crippen LogP contribution in [0.5, 0.6) is 0 Å². The Kier molecular flexibility index (Phi) is 3.03. The fourth-order valence-electron chi connectivity index (χ4n) is 4.19. The minimum Gasteiger partial charge on any atom is -0.351 e. The van der Waals surface area contributed by atoms with Crippen LogP contribution in [0.15, 0.2) is 36.0 Å². The van der Waals surface area contributed by atoms with Crippen LogP contribution >= 0.6 is 0 Å². The van der Waals surface area contributed by atoms with Crippen molar-refractivity contribution in [3.63, 3.8) is 0 Å². The molecule has 22 heavy (non-hydrogen) atoms. The molecule has 1 heterocycles. The number of amides is 3. The molecule has 3 aliphatic carbocycles. The number of carbonyl (C=O) groups excluding carboxylic acids is 3. The molecular formula is C17H18N2O3. The van der Waals surface area contributed by atoms with Gasteiger partial charge in [-0.3, -0.25) is 19.3 Å². The topological polar surface area (TPSA) is 66.5 Å². The molecule has 4 atom stereocenters. The molecule has 114 valence electrons. The van der Waals surface area contributed by atoms with E-state index in [1.807, 2.05) is 12.2 Å². The number of rotatable bonds is 4. The summed E-state index contributed by atoms with van der Waals surface area (Å²) >= 11 is 0. The highest BCUT2D eigenvalue weighted by Crippen LogP contribution is 2.52. The Morgan fingerprint density at radius 2 is 1.86 bits per heavy atom. The van der Waals surface area contributed by atoms with Crippen molar-refractivity contribution in [3.8, 4) is 0 Å². The Morgan fingerprint density at radius 3 is 2.45 bits per heavy atom. The van der Waals surface area contributed by atoms with E-state index in [-0.39, 0.29) is 47.9 Å². The maximum Gasteiger partial charge on any atom is 0.247 e. The second kappa shape index (κ2) is 4.93. The van der Waals surface area contributed by atoms with E-state index >= 15 is 0 Å². The number of nitrogens with zero attached hydrogens (tertiary/aromatic N) is 1. The molecule has 5 nitrogen and oxygen atoms in total. The third-order valence-corrected chi connectivity index (χ3v) is 5.25. The summed E-state index contributed by atoms with van der Waals surface area (Å²) in [6, 6.07) is 0. The smallest absolute Gasteiger partial charge is 0.247 e. The zero-order valence-electron chi connectivity index (χ0n) is 12.2. The van der Waals surface area contributed by atoms with E-state index in [4.69, 9.17) is 0 Å². The normalized spacial score (nSPS) is 34.5. The van der Waals surface area contributed by atoms with Crippen molar-refractivity contribution >= 4 is 17.7 Å². The van der Waals surface area contributed by atoms with Gasteiger partial charge in [0.2, 0.25) is 17.7 Å².